The maximum absolute atomic E-state index is 5.96. The maximum Gasteiger partial charge on any atom is 0.0674 e. The zero-order valence-electron chi connectivity index (χ0n) is 21.3. The fraction of sp³-hybridized carbons (Fsp3) is 1.00. The molecule has 3 rings (SSSR count). The van der Waals surface area contributed by atoms with Crippen molar-refractivity contribution >= 4 is 0 Å². The molecule has 5 nitrogen and oxygen atoms in total. The molecular weight excluding hydrogens is 372 g/mol. The van der Waals surface area contributed by atoms with Crippen molar-refractivity contribution in [2.24, 2.45) is 5.41 Å². The Balaban J connectivity index is 1.47. The Morgan fingerprint density at radius 3 is 1.90 bits per heavy atom. The largest absolute Gasteiger partial charge is 0.376 e. The van der Waals surface area contributed by atoms with E-state index in [1.54, 1.807) is 0 Å². The second-order valence-electron chi connectivity index (χ2n) is 12.7. The van der Waals surface area contributed by atoms with Crippen LogP contribution >= 0.6 is 0 Å². The second kappa shape index (κ2) is 9.35. The first-order chi connectivity index (χ1) is 13.9. The quantitative estimate of drug-likeness (QED) is 0.652. The van der Waals surface area contributed by atoms with Gasteiger partial charge in [-0.3, -0.25) is 14.7 Å². The number of hydrogen-bond donors (Lipinski definition) is 0. The number of ether oxygens (including phenoxy) is 1. The van der Waals surface area contributed by atoms with Crippen molar-refractivity contribution in [2.75, 3.05) is 65.5 Å². The molecular formula is C25H50N4O. The predicted molar refractivity (Wildman–Crippen MR) is 127 cm³/mol. The lowest BCUT2D eigenvalue weighted by Crippen LogP contribution is -2.63. The summed E-state index contributed by atoms with van der Waals surface area (Å²) >= 11 is 0. The fourth-order valence-electron chi connectivity index (χ4n) is 5.61. The molecule has 3 heterocycles. The van der Waals surface area contributed by atoms with Gasteiger partial charge in [0.25, 0.3) is 0 Å². The zero-order chi connectivity index (χ0) is 22.2. The minimum absolute atomic E-state index is 0.250. The van der Waals surface area contributed by atoms with Crippen molar-refractivity contribution in [2.45, 2.75) is 91.5 Å². The van der Waals surface area contributed by atoms with Gasteiger partial charge in [0.05, 0.1) is 12.7 Å². The molecule has 3 aliphatic heterocycles. The van der Waals surface area contributed by atoms with E-state index in [-0.39, 0.29) is 11.1 Å². The van der Waals surface area contributed by atoms with Gasteiger partial charge in [0.15, 0.2) is 0 Å². The van der Waals surface area contributed by atoms with E-state index < -0.39 is 0 Å². The molecule has 0 radical (unpaired) electrons. The third-order valence-electron chi connectivity index (χ3n) is 7.80. The molecule has 3 saturated heterocycles. The van der Waals surface area contributed by atoms with Gasteiger partial charge in [-0.15, -0.1) is 0 Å². The first kappa shape index (κ1) is 24.4. The van der Waals surface area contributed by atoms with Gasteiger partial charge in [-0.05, 0) is 52.9 Å². The van der Waals surface area contributed by atoms with Crippen molar-refractivity contribution in [1.29, 1.82) is 0 Å². The highest BCUT2D eigenvalue weighted by Gasteiger charge is 2.39. The lowest BCUT2D eigenvalue weighted by Gasteiger charge is -2.51. The summed E-state index contributed by atoms with van der Waals surface area (Å²) in [6, 6.07) is 0.582. The van der Waals surface area contributed by atoms with Crippen LogP contribution in [0.25, 0.3) is 0 Å². The van der Waals surface area contributed by atoms with Crippen molar-refractivity contribution < 1.29 is 4.74 Å². The summed E-state index contributed by atoms with van der Waals surface area (Å²) in [6.45, 7) is 30.7. The van der Waals surface area contributed by atoms with Gasteiger partial charge in [-0.25, -0.2) is 0 Å². The third-order valence-corrected chi connectivity index (χ3v) is 7.80. The smallest absolute Gasteiger partial charge is 0.0674 e. The van der Waals surface area contributed by atoms with Gasteiger partial charge in [-0.2, -0.15) is 0 Å². The van der Waals surface area contributed by atoms with E-state index in [2.05, 4.69) is 75.0 Å². The molecule has 0 saturated carbocycles. The Morgan fingerprint density at radius 2 is 1.30 bits per heavy atom. The lowest BCUT2D eigenvalue weighted by molar-refractivity contribution is -0.0970. The van der Waals surface area contributed by atoms with Crippen LogP contribution in [-0.2, 0) is 4.74 Å². The Labute approximate surface area is 187 Å². The molecule has 0 aromatic rings. The molecule has 0 bridgehead atoms. The molecule has 176 valence electrons. The predicted octanol–water partition coefficient (Wildman–Crippen LogP) is 3.39. The van der Waals surface area contributed by atoms with E-state index in [0.29, 0.717) is 17.6 Å². The Bertz CT molecular complexity index is 548. The molecule has 0 aromatic heterocycles. The molecule has 2 unspecified atom stereocenters. The van der Waals surface area contributed by atoms with Crippen LogP contribution in [0.4, 0.5) is 0 Å². The van der Waals surface area contributed by atoms with Crippen molar-refractivity contribution in [3.8, 4) is 0 Å². The molecule has 3 fully saturated rings. The minimum atomic E-state index is 0.250. The average molecular weight is 423 g/mol. The fourth-order valence-corrected chi connectivity index (χ4v) is 5.61. The van der Waals surface area contributed by atoms with Crippen LogP contribution in [0, 0.1) is 5.41 Å². The highest BCUT2D eigenvalue weighted by atomic mass is 16.5. The maximum atomic E-state index is 5.96. The summed E-state index contributed by atoms with van der Waals surface area (Å²) in [6.07, 6.45) is 2.91. The van der Waals surface area contributed by atoms with Crippen LogP contribution < -0.4 is 0 Å². The SMILES string of the molecule is CC1CN2CCN(C(C)(C)CCC(C)(C)N3CCN(CC(C)(C)C)CC3)CC2CO1. The Morgan fingerprint density at radius 1 is 0.733 bits per heavy atom. The molecule has 2 atom stereocenters. The molecule has 0 N–H and O–H groups in total. The Hall–Kier alpha value is -0.200. The summed E-state index contributed by atoms with van der Waals surface area (Å²) < 4.78 is 5.96. The molecule has 0 aliphatic carbocycles. The summed E-state index contributed by atoms with van der Waals surface area (Å²) in [7, 11) is 0. The second-order valence-corrected chi connectivity index (χ2v) is 12.7. The van der Waals surface area contributed by atoms with Crippen LogP contribution in [-0.4, -0.2) is 108 Å². The standard InChI is InChI=1S/C25H50N4O/c1-21-17-27-13-16-29(18-22(27)19-30-21)25(7,8)10-9-24(5,6)28-14-11-26(12-15-28)20-23(2,3)4/h21-22H,9-20H2,1-8H3. The monoisotopic (exact) mass is 422 g/mol. The number of rotatable bonds is 6. The van der Waals surface area contributed by atoms with Gasteiger partial charge >= 0.3 is 0 Å². The molecule has 0 amide bonds. The molecule has 0 aromatic carbocycles. The Kier molecular flexibility index (Phi) is 7.61. The van der Waals surface area contributed by atoms with Gasteiger partial charge < -0.3 is 9.64 Å². The van der Waals surface area contributed by atoms with Gasteiger partial charge in [0.1, 0.15) is 0 Å². The number of piperazine rings is 2. The molecule has 30 heavy (non-hydrogen) atoms. The highest BCUT2D eigenvalue weighted by Crippen LogP contribution is 2.31. The van der Waals surface area contributed by atoms with Gasteiger partial charge in [0.2, 0.25) is 0 Å². The van der Waals surface area contributed by atoms with E-state index in [9.17, 15) is 0 Å². The van der Waals surface area contributed by atoms with Crippen LogP contribution in [0.3, 0.4) is 0 Å². The lowest BCUT2D eigenvalue weighted by atomic mass is 9.86. The summed E-state index contributed by atoms with van der Waals surface area (Å²) in [4.78, 5) is 10.8. The highest BCUT2D eigenvalue weighted by molar-refractivity contribution is 4.95. The van der Waals surface area contributed by atoms with E-state index in [4.69, 9.17) is 4.74 Å². The van der Waals surface area contributed by atoms with Crippen molar-refractivity contribution in [3.63, 3.8) is 0 Å². The third kappa shape index (κ3) is 6.41. The summed E-state index contributed by atoms with van der Waals surface area (Å²) in [5.74, 6) is 0. The van der Waals surface area contributed by atoms with Crippen LogP contribution in [0.1, 0.15) is 68.2 Å². The molecule has 3 aliphatic rings. The van der Waals surface area contributed by atoms with E-state index >= 15 is 0 Å². The first-order valence-electron chi connectivity index (χ1n) is 12.4. The number of nitrogens with zero attached hydrogens (tertiary/aromatic N) is 4. The molecule has 5 heteroatoms. The van der Waals surface area contributed by atoms with Crippen molar-refractivity contribution in [1.82, 2.24) is 19.6 Å². The van der Waals surface area contributed by atoms with E-state index in [1.165, 1.54) is 58.7 Å². The number of fused-ring (bicyclic) bond motifs is 1. The van der Waals surface area contributed by atoms with Crippen LogP contribution in [0.2, 0.25) is 0 Å². The summed E-state index contributed by atoms with van der Waals surface area (Å²) in [5.41, 5.74) is 0.921. The van der Waals surface area contributed by atoms with E-state index in [1.807, 2.05) is 0 Å². The van der Waals surface area contributed by atoms with E-state index in [0.717, 1.165) is 19.7 Å². The average Bonchev–Trinajstić information content (AvgIpc) is 2.65. The number of hydrogen-bond acceptors (Lipinski definition) is 5. The molecule has 0 spiro atoms. The van der Waals surface area contributed by atoms with Crippen LogP contribution in [0.5, 0.6) is 0 Å². The zero-order valence-corrected chi connectivity index (χ0v) is 21.3. The topological polar surface area (TPSA) is 22.2 Å². The van der Waals surface area contributed by atoms with Gasteiger partial charge in [0, 0.05) is 76.0 Å². The minimum Gasteiger partial charge on any atom is -0.376 e. The van der Waals surface area contributed by atoms with Gasteiger partial charge in [-0.1, -0.05) is 20.8 Å². The summed E-state index contributed by atoms with van der Waals surface area (Å²) in [5, 5.41) is 0. The first-order valence-corrected chi connectivity index (χ1v) is 12.4. The normalized spacial score (nSPS) is 29.2. The van der Waals surface area contributed by atoms with Crippen LogP contribution in [0.15, 0.2) is 0 Å². The number of morpholine rings is 1. The van der Waals surface area contributed by atoms with Crippen molar-refractivity contribution in [3.05, 3.63) is 0 Å².